The Morgan fingerprint density at radius 3 is 3.00 bits per heavy atom. The average Bonchev–Trinajstić information content (AvgIpc) is 2.18. The van der Waals surface area contributed by atoms with E-state index < -0.39 is 6.35 Å². The van der Waals surface area contributed by atoms with Gasteiger partial charge in [0.2, 0.25) is 0 Å². The topological polar surface area (TPSA) is 35.5 Å². The number of nitrogens with one attached hydrogen (secondary N) is 1. The van der Waals surface area contributed by atoms with Crippen molar-refractivity contribution in [2.24, 2.45) is 0 Å². The Labute approximate surface area is 63.2 Å². The third-order valence-corrected chi connectivity index (χ3v) is 1.80. The molecule has 1 atom stereocenters. The minimum atomic E-state index is -0.414. The number of alkyl halides is 1. The summed E-state index contributed by atoms with van der Waals surface area (Å²) in [7, 11) is 0. The highest BCUT2D eigenvalue weighted by Crippen LogP contribution is 1.99. The highest BCUT2D eigenvalue weighted by molar-refractivity contribution is 9.09. The van der Waals surface area contributed by atoms with Crippen LogP contribution in [0.4, 0.5) is 0 Å². The smallest absolute Gasteiger partial charge is 0.163 e. The van der Waals surface area contributed by atoms with Crippen LogP contribution in [0.3, 0.4) is 0 Å². The second-order valence-corrected chi connectivity index (χ2v) is 2.85. The minimum absolute atomic E-state index is 0.414. The van der Waals surface area contributed by atoms with Gasteiger partial charge >= 0.3 is 0 Å². The summed E-state index contributed by atoms with van der Waals surface area (Å²) in [6, 6.07) is 0. The molecule has 0 bridgehead atoms. The second-order valence-electron chi connectivity index (χ2n) is 2.05. The Bertz CT molecular complexity index is 91.0. The van der Waals surface area contributed by atoms with Crippen LogP contribution >= 0.6 is 15.9 Å². The zero-order chi connectivity index (χ0) is 6.69. The lowest BCUT2D eigenvalue weighted by Crippen LogP contribution is -2.36. The van der Waals surface area contributed by atoms with E-state index in [2.05, 4.69) is 21.2 Å². The van der Waals surface area contributed by atoms with Gasteiger partial charge in [0, 0.05) is 25.0 Å². The van der Waals surface area contributed by atoms with Crippen LogP contribution in [-0.4, -0.2) is 41.3 Å². The van der Waals surface area contributed by atoms with Crippen molar-refractivity contribution in [3.05, 3.63) is 0 Å². The summed E-state index contributed by atoms with van der Waals surface area (Å²) in [6.07, 6.45) is -0.414. The quantitative estimate of drug-likeness (QED) is 0.586. The molecule has 0 aliphatic carbocycles. The standard InChI is InChI=1S/C5H11BrN2O/c6-1-3-8-4-2-7-5(8)9/h5,7,9H,1-4H2. The van der Waals surface area contributed by atoms with Crippen LogP contribution < -0.4 is 5.32 Å². The molecule has 2 N–H and O–H groups in total. The minimum Gasteiger partial charge on any atom is -0.365 e. The van der Waals surface area contributed by atoms with E-state index >= 15 is 0 Å². The largest absolute Gasteiger partial charge is 0.365 e. The van der Waals surface area contributed by atoms with Crippen molar-refractivity contribution in [1.29, 1.82) is 0 Å². The van der Waals surface area contributed by atoms with Crippen molar-refractivity contribution in [3.63, 3.8) is 0 Å². The Morgan fingerprint density at radius 1 is 1.78 bits per heavy atom. The fraction of sp³-hybridized carbons (Fsp3) is 1.00. The highest BCUT2D eigenvalue weighted by Gasteiger charge is 2.19. The summed E-state index contributed by atoms with van der Waals surface area (Å²) in [6.45, 7) is 2.76. The van der Waals surface area contributed by atoms with Crippen LogP contribution in [-0.2, 0) is 0 Å². The van der Waals surface area contributed by atoms with E-state index in [1.165, 1.54) is 0 Å². The first-order valence-electron chi connectivity index (χ1n) is 3.06. The van der Waals surface area contributed by atoms with Crippen LogP contribution in [0.1, 0.15) is 0 Å². The number of aliphatic hydroxyl groups excluding tert-OH is 1. The SMILES string of the molecule is OC1NCCN1CCBr. The number of rotatable bonds is 2. The number of hydrogen-bond acceptors (Lipinski definition) is 3. The first-order valence-corrected chi connectivity index (χ1v) is 4.18. The van der Waals surface area contributed by atoms with Gasteiger partial charge in [-0.25, -0.2) is 0 Å². The summed E-state index contributed by atoms with van der Waals surface area (Å²) in [4.78, 5) is 1.98. The van der Waals surface area contributed by atoms with Gasteiger partial charge in [-0.3, -0.25) is 10.2 Å². The van der Waals surface area contributed by atoms with Gasteiger partial charge in [-0.05, 0) is 0 Å². The zero-order valence-corrected chi connectivity index (χ0v) is 6.76. The van der Waals surface area contributed by atoms with E-state index in [9.17, 15) is 0 Å². The predicted molar refractivity (Wildman–Crippen MR) is 39.4 cm³/mol. The third-order valence-electron chi connectivity index (χ3n) is 1.44. The first kappa shape index (κ1) is 7.47. The second kappa shape index (κ2) is 3.51. The van der Waals surface area contributed by atoms with Crippen LogP contribution in [0.2, 0.25) is 0 Å². The van der Waals surface area contributed by atoms with Crippen molar-refractivity contribution < 1.29 is 5.11 Å². The summed E-state index contributed by atoms with van der Waals surface area (Å²) >= 11 is 3.31. The van der Waals surface area contributed by atoms with E-state index in [1.54, 1.807) is 0 Å². The fourth-order valence-electron chi connectivity index (χ4n) is 0.931. The molecule has 0 amide bonds. The van der Waals surface area contributed by atoms with Crippen LogP contribution in [0.15, 0.2) is 0 Å². The maximum atomic E-state index is 9.11. The number of nitrogens with zero attached hydrogens (tertiary/aromatic N) is 1. The van der Waals surface area contributed by atoms with Gasteiger partial charge in [-0.15, -0.1) is 0 Å². The lowest BCUT2D eigenvalue weighted by molar-refractivity contribution is 0.0267. The average molecular weight is 195 g/mol. The van der Waals surface area contributed by atoms with Crippen molar-refractivity contribution in [1.82, 2.24) is 10.2 Å². The monoisotopic (exact) mass is 194 g/mol. The lowest BCUT2D eigenvalue weighted by Gasteiger charge is -2.16. The van der Waals surface area contributed by atoms with E-state index in [0.717, 1.165) is 25.0 Å². The van der Waals surface area contributed by atoms with Crippen molar-refractivity contribution in [3.8, 4) is 0 Å². The Morgan fingerprint density at radius 2 is 2.56 bits per heavy atom. The van der Waals surface area contributed by atoms with Crippen molar-refractivity contribution in [2.75, 3.05) is 25.0 Å². The van der Waals surface area contributed by atoms with Gasteiger partial charge in [-0.1, -0.05) is 15.9 Å². The highest BCUT2D eigenvalue weighted by atomic mass is 79.9. The summed E-state index contributed by atoms with van der Waals surface area (Å²) in [5.74, 6) is 0. The molecule has 4 heteroatoms. The van der Waals surface area contributed by atoms with Crippen LogP contribution in [0.5, 0.6) is 0 Å². The molecule has 1 heterocycles. The van der Waals surface area contributed by atoms with Gasteiger partial charge in [0.05, 0.1) is 0 Å². The maximum absolute atomic E-state index is 9.11. The molecule has 1 aliphatic heterocycles. The fourth-order valence-corrected chi connectivity index (χ4v) is 1.39. The van der Waals surface area contributed by atoms with Crippen molar-refractivity contribution in [2.45, 2.75) is 6.35 Å². The number of aliphatic hydroxyl groups is 1. The molecule has 1 fully saturated rings. The maximum Gasteiger partial charge on any atom is 0.163 e. The molecule has 1 aliphatic rings. The molecule has 0 aromatic heterocycles. The molecule has 1 saturated heterocycles. The van der Waals surface area contributed by atoms with Gasteiger partial charge in [0.25, 0.3) is 0 Å². The van der Waals surface area contributed by atoms with Crippen molar-refractivity contribution >= 4 is 15.9 Å². The Balaban J connectivity index is 2.22. The van der Waals surface area contributed by atoms with Gasteiger partial charge in [-0.2, -0.15) is 0 Å². The van der Waals surface area contributed by atoms with Gasteiger partial charge in [0.1, 0.15) is 0 Å². The predicted octanol–water partition coefficient (Wildman–Crippen LogP) is -0.438. The van der Waals surface area contributed by atoms with E-state index in [0.29, 0.717) is 0 Å². The summed E-state index contributed by atoms with van der Waals surface area (Å²) < 4.78 is 0. The Hall–Kier alpha value is 0.360. The number of halogens is 1. The van der Waals surface area contributed by atoms with E-state index in [4.69, 9.17) is 5.11 Å². The molecule has 1 rings (SSSR count). The normalized spacial score (nSPS) is 29.3. The van der Waals surface area contributed by atoms with Crippen LogP contribution in [0.25, 0.3) is 0 Å². The third kappa shape index (κ3) is 1.89. The molecule has 0 aromatic carbocycles. The van der Waals surface area contributed by atoms with E-state index in [-0.39, 0.29) is 0 Å². The molecule has 3 nitrogen and oxygen atoms in total. The number of hydrogen-bond donors (Lipinski definition) is 2. The van der Waals surface area contributed by atoms with E-state index in [1.807, 2.05) is 4.90 Å². The molecule has 1 unspecified atom stereocenters. The molecule has 54 valence electrons. The molecule has 0 aromatic rings. The molecule has 0 radical (unpaired) electrons. The molecule has 0 spiro atoms. The molecular formula is C5H11BrN2O. The molecule has 9 heavy (non-hydrogen) atoms. The van der Waals surface area contributed by atoms with Crippen LogP contribution in [0, 0.1) is 0 Å². The molecule has 0 saturated carbocycles. The lowest BCUT2D eigenvalue weighted by atomic mass is 10.6. The van der Waals surface area contributed by atoms with Gasteiger partial charge < -0.3 is 5.11 Å². The summed E-state index contributed by atoms with van der Waals surface area (Å²) in [5.41, 5.74) is 0. The first-order chi connectivity index (χ1) is 4.34. The zero-order valence-electron chi connectivity index (χ0n) is 5.18. The van der Waals surface area contributed by atoms with Gasteiger partial charge in [0.15, 0.2) is 6.35 Å². The summed E-state index contributed by atoms with van der Waals surface area (Å²) in [5, 5.41) is 13.0. The Kier molecular flexibility index (Phi) is 2.91. The molecular weight excluding hydrogens is 184 g/mol.